The van der Waals surface area contributed by atoms with E-state index < -0.39 is 0 Å². The van der Waals surface area contributed by atoms with Gasteiger partial charge in [-0.1, -0.05) is 38.0 Å². The molecule has 0 saturated heterocycles. The first-order valence-electron chi connectivity index (χ1n) is 6.97. The molecule has 2 aromatic rings. The first-order chi connectivity index (χ1) is 8.75. The van der Waals surface area contributed by atoms with E-state index in [1.165, 1.54) is 36.6 Å². The molecule has 1 aromatic carbocycles. The van der Waals surface area contributed by atoms with E-state index in [4.69, 9.17) is 10.2 Å². The highest BCUT2D eigenvalue weighted by molar-refractivity contribution is 5.81. The molecule has 18 heavy (non-hydrogen) atoms. The quantitative estimate of drug-likeness (QED) is 0.856. The molecule has 2 heteroatoms. The Labute approximate surface area is 108 Å². The molecule has 1 heterocycles. The summed E-state index contributed by atoms with van der Waals surface area (Å²) in [6.07, 6.45) is 7.03. The van der Waals surface area contributed by atoms with Crippen molar-refractivity contribution >= 4 is 11.0 Å². The molecule has 1 aromatic heterocycles. The Balaban J connectivity index is 1.89. The average molecular weight is 243 g/mol. The van der Waals surface area contributed by atoms with E-state index in [-0.39, 0.29) is 6.04 Å². The van der Waals surface area contributed by atoms with Gasteiger partial charge in [-0.2, -0.15) is 0 Å². The molecule has 2 nitrogen and oxygen atoms in total. The van der Waals surface area contributed by atoms with Crippen LogP contribution in [0.3, 0.4) is 0 Å². The number of hydrogen-bond acceptors (Lipinski definition) is 2. The van der Waals surface area contributed by atoms with Crippen LogP contribution in [0.2, 0.25) is 0 Å². The summed E-state index contributed by atoms with van der Waals surface area (Å²) < 4.78 is 5.61. The van der Waals surface area contributed by atoms with Crippen molar-refractivity contribution in [3.05, 3.63) is 36.1 Å². The third-order valence-corrected chi connectivity index (χ3v) is 4.35. The van der Waals surface area contributed by atoms with E-state index in [2.05, 4.69) is 19.1 Å². The fourth-order valence-corrected chi connectivity index (χ4v) is 3.32. The van der Waals surface area contributed by atoms with Crippen LogP contribution < -0.4 is 5.73 Å². The van der Waals surface area contributed by atoms with Crippen molar-refractivity contribution in [3.63, 3.8) is 0 Å². The first kappa shape index (κ1) is 11.8. The Kier molecular flexibility index (Phi) is 3.13. The van der Waals surface area contributed by atoms with Crippen molar-refractivity contribution in [2.24, 2.45) is 17.6 Å². The zero-order valence-electron chi connectivity index (χ0n) is 10.9. The fraction of sp³-hybridized carbons (Fsp3) is 0.500. The van der Waals surface area contributed by atoms with Crippen molar-refractivity contribution in [1.82, 2.24) is 0 Å². The third-order valence-electron chi connectivity index (χ3n) is 4.35. The maximum atomic E-state index is 6.48. The Morgan fingerprint density at radius 2 is 2.11 bits per heavy atom. The van der Waals surface area contributed by atoms with Gasteiger partial charge in [0.15, 0.2) is 0 Å². The van der Waals surface area contributed by atoms with Gasteiger partial charge >= 0.3 is 0 Å². The maximum Gasteiger partial charge on any atom is 0.134 e. The van der Waals surface area contributed by atoms with Crippen LogP contribution >= 0.6 is 0 Å². The lowest BCUT2D eigenvalue weighted by Gasteiger charge is -2.30. The van der Waals surface area contributed by atoms with Gasteiger partial charge in [0.25, 0.3) is 0 Å². The van der Waals surface area contributed by atoms with Crippen molar-refractivity contribution in [2.75, 3.05) is 0 Å². The van der Waals surface area contributed by atoms with Gasteiger partial charge in [-0.05, 0) is 30.7 Å². The zero-order valence-corrected chi connectivity index (χ0v) is 10.9. The minimum Gasteiger partial charge on any atom is -0.464 e. The zero-order chi connectivity index (χ0) is 12.5. The van der Waals surface area contributed by atoms with Crippen LogP contribution in [0.25, 0.3) is 11.0 Å². The Morgan fingerprint density at radius 3 is 2.94 bits per heavy atom. The molecular formula is C16H21NO. The molecule has 0 bridgehead atoms. The van der Waals surface area contributed by atoms with Gasteiger partial charge in [-0.25, -0.2) is 0 Å². The molecule has 1 aliphatic carbocycles. The van der Waals surface area contributed by atoms with Crippen LogP contribution in [0.15, 0.2) is 34.9 Å². The Bertz CT molecular complexity index is 531. The van der Waals surface area contributed by atoms with Gasteiger partial charge in [0.2, 0.25) is 0 Å². The van der Waals surface area contributed by atoms with Gasteiger partial charge < -0.3 is 10.2 Å². The molecule has 1 aliphatic rings. The molecule has 2 N–H and O–H groups in total. The molecule has 3 rings (SSSR count). The summed E-state index contributed by atoms with van der Waals surface area (Å²) in [6, 6.07) is 8.30. The summed E-state index contributed by atoms with van der Waals surface area (Å²) in [5.41, 5.74) is 8.62. The minimum atomic E-state index is 0.122. The Hall–Kier alpha value is -1.28. The van der Waals surface area contributed by atoms with E-state index in [0.717, 1.165) is 11.5 Å². The van der Waals surface area contributed by atoms with Crippen LogP contribution in [-0.2, 0) is 0 Å². The maximum absolute atomic E-state index is 6.48. The number of benzene rings is 1. The molecule has 3 unspecified atom stereocenters. The smallest absolute Gasteiger partial charge is 0.134 e. The molecule has 3 atom stereocenters. The third kappa shape index (κ3) is 2.05. The number of rotatable bonds is 2. The average Bonchev–Trinajstić information content (AvgIpc) is 2.82. The van der Waals surface area contributed by atoms with Gasteiger partial charge in [0.1, 0.15) is 5.58 Å². The summed E-state index contributed by atoms with van der Waals surface area (Å²) in [5, 5.41) is 1.18. The van der Waals surface area contributed by atoms with Crippen molar-refractivity contribution < 1.29 is 4.42 Å². The monoisotopic (exact) mass is 243 g/mol. The second-order valence-electron chi connectivity index (χ2n) is 5.74. The molecule has 0 aliphatic heterocycles. The lowest BCUT2D eigenvalue weighted by Crippen LogP contribution is -2.26. The minimum absolute atomic E-state index is 0.122. The fourth-order valence-electron chi connectivity index (χ4n) is 3.32. The molecule has 0 spiro atoms. The van der Waals surface area contributed by atoms with Crippen molar-refractivity contribution in [2.45, 2.75) is 38.6 Å². The van der Waals surface area contributed by atoms with Crippen LogP contribution in [0.5, 0.6) is 0 Å². The van der Waals surface area contributed by atoms with Crippen LogP contribution in [0.1, 0.15) is 44.2 Å². The summed E-state index contributed by atoms with van der Waals surface area (Å²) in [7, 11) is 0. The van der Waals surface area contributed by atoms with Gasteiger partial charge in [-0.15, -0.1) is 0 Å². The van der Waals surface area contributed by atoms with Crippen LogP contribution in [0.4, 0.5) is 0 Å². The lowest BCUT2D eigenvalue weighted by molar-refractivity contribution is 0.248. The van der Waals surface area contributed by atoms with Crippen molar-refractivity contribution in [1.29, 1.82) is 0 Å². The normalized spacial score (nSPS) is 26.3. The van der Waals surface area contributed by atoms with E-state index in [1.807, 2.05) is 18.4 Å². The van der Waals surface area contributed by atoms with Crippen LogP contribution in [0, 0.1) is 11.8 Å². The van der Waals surface area contributed by atoms with E-state index in [9.17, 15) is 0 Å². The Morgan fingerprint density at radius 1 is 1.28 bits per heavy atom. The standard InChI is InChI=1S/C16H21NO/c1-11-5-4-6-12(9-11)16(17)14-10-18-15-8-3-2-7-13(14)15/h2-3,7-8,10-12,16H,4-6,9,17H2,1H3. The molecule has 0 amide bonds. The topological polar surface area (TPSA) is 39.2 Å². The molecule has 0 radical (unpaired) electrons. The van der Waals surface area contributed by atoms with Gasteiger partial charge in [0.05, 0.1) is 6.26 Å². The predicted molar refractivity (Wildman–Crippen MR) is 74.3 cm³/mol. The predicted octanol–water partition coefficient (Wildman–Crippen LogP) is 4.26. The summed E-state index contributed by atoms with van der Waals surface area (Å²) >= 11 is 0. The lowest BCUT2D eigenvalue weighted by atomic mass is 9.77. The number of fused-ring (bicyclic) bond motifs is 1. The summed E-state index contributed by atoms with van der Waals surface area (Å²) in [5.74, 6) is 1.42. The largest absolute Gasteiger partial charge is 0.464 e. The molecular weight excluding hydrogens is 222 g/mol. The highest BCUT2D eigenvalue weighted by Gasteiger charge is 2.27. The van der Waals surface area contributed by atoms with E-state index >= 15 is 0 Å². The SMILES string of the molecule is CC1CCCC(C(N)c2coc3ccccc23)C1. The summed E-state index contributed by atoms with van der Waals surface area (Å²) in [4.78, 5) is 0. The second-order valence-corrected chi connectivity index (χ2v) is 5.74. The molecule has 96 valence electrons. The second kappa shape index (κ2) is 4.77. The highest BCUT2D eigenvalue weighted by Crippen LogP contribution is 2.38. The number of hydrogen-bond donors (Lipinski definition) is 1. The summed E-state index contributed by atoms with van der Waals surface area (Å²) in [6.45, 7) is 2.34. The molecule has 1 fully saturated rings. The van der Waals surface area contributed by atoms with Gasteiger partial charge in [-0.3, -0.25) is 0 Å². The first-order valence-corrected chi connectivity index (χ1v) is 6.97. The number of para-hydroxylation sites is 1. The van der Waals surface area contributed by atoms with E-state index in [1.54, 1.807) is 0 Å². The number of furan rings is 1. The highest BCUT2D eigenvalue weighted by atomic mass is 16.3. The van der Waals surface area contributed by atoms with E-state index in [0.29, 0.717) is 5.92 Å². The van der Waals surface area contributed by atoms with Gasteiger partial charge in [0, 0.05) is 17.0 Å². The molecule has 1 saturated carbocycles. The number of nitrogens with two attached hydrogens (primary N) is 1. The van der Waals surface area contributed by atoms with Crippen molar-refractivity contribution in [3.8, 4) is 0 Å². The van der Waals surface area contributed by atoms with Crippen LogP contribution in [-0.4, -0.2) is 0 Å².